The number of amides is 1. The summed E-state index contributed by atoms with van der Waals surface area (Å²) in [6.45, 7) is 4.10. The quantitative estimate of drug-likeness (QED) is 0.719. The molecule has 2 heterocycles. The van der Waals surface area contributed by atoms with Crippen LogP contribution in [0.15, 0.2) is 59.5 Å². The Morgan fingerprint density at radius 2 is 1.69 bits per heavy atom. The molecule has 2 aromatic carbocycles. The monoisotopic (exact) mass is 457 g/mol. The minimum Gasteiger partial charge on any atom is -0.381 e. The van der Waals surface area contributed by atoms with E-state index in [-0.39, 0.29) is 16.2 Å². The Balaban J connectivity index is 1.49. The average molecular weight is 458 g/mol. The number of sulfonamides is 1. The highest BCUT2D eigenvalue weighted by atomic mass is 32.2. The van der Waals surface area contributed by atoms with Gasteiger partial charge in [-0.3, -0.25) is 4.79 Å². The SMILES string of the molecule is CN1CCN(S(=O)(=O)c2cccc(C(=O)NCC3(c4ccccc4)CCOCC3)c2)CC1. The number of ether oxygens (including phenoxy) is 1. The van der Waals surface area contributed by atoms with Gasteiger partial charge in [0.25, 0.3) is 5.91 Å². The summed E-state index contributed by atoms with van der Waals surface area (Å²) in [6.07, 6.45) is 1.66. The van der Waals surface area contributed by atoms with E-state index in [9.17, 15) is 13.2 Å². The van der Waals surface area contributed by atoms with Crippen LogP contribution in [0.2, 0.25) is 0 Å². The summed E-state index contributed by atoms with van der Waals surface area (Å²) in [5.41, 5.74) is 1.36. The Hall–Kier alpha value is -2.26. The zero-order valence-corrected chi connectivity index (χ0v) is 19.3. The van der Waals surface area contributed by atoms with Crippen molar-refractivity contribution in [1.29, 1.82) is 0 Å². The lowest BCUT2D eigenvalue weighted by Crippen LogP contribution is -2.47. The standard InChI is InChI=1S/C24H31N3O4S/c1-26-12-14-27(15-13-26)32(29,30)22-9-5-6-20(18-22)23(28)25-19-24(10-16-31-17-11-24)21-7-3-2-4-8-21/h2-9,18H,10-17,19H2,1H3,(H,25,28). The first-order valence-corrected chi connectivity index (χ1v) is 12.5. The van der Waals surface area contributed by atoms with E-state index < -0.39 is 10.0 Å². The molecule has 0 aliphatic carbocycles. The summed E-state index contributed by atoms with van der Waals surface area (Å²) in [5.74, 6) is -0.262. The number of benzene rings is 2. The van der Waals surface area contributed by atoms with Crippen molar-refractivity contribution in [3.8, 4) is 0 Å². The second-order valence-corrected chi connectivity index (χ2v) is 10.6. The molecule has 2 saturated heterocycles. The van der Waals surface area contributed by atoms with E-state index in [2.05, 4.69) is 22.3 Å². The molecular formula is C24H31N3O4S. The molecule has 0 radical (unpaired) electrons. The fraction of sp³-hybridized carbons (Fsp3) is 0.458. The highest BCUT2D eigenvalue weighted by molar-refractivity contribution is 7.89. The fourth-order valence-electron chi connectivity index (χ4n) is 4.45. The minimum atomic E-state index is -3.62. The number of carbonyl (C=O) groups is 1. The van der Waals surface area contributed by atoms with Crippen LogP contribution in [-0.4, -0.2) is 76.5 Å². The molecule has 0 spiro atoms. The lowest BCUT2D eigenvalue weighted by atomic mass is 9.74. The molecule has 0 aromatic heterocycles. The summed E-state index contributed by atoms with van der Waals surface area (Å²) in [5, 5.41) is 3.06. The second-order valence-electron chi connectivity index (χ2n) is 8.68. The number of hydrogen-bond donors (Lipinski definition) is 1. The number of rotatable bonds is 6. The molecular weight excluding hydrogens is 426 g/mol. The van der Waals surface area contributed by atoms with Crippen LogP contribution in [0.5, 0.6) is 0 Å². The first kappa shape index (κ1) is 22.9. The van der Waals surface area contributed by atoms with E-state index in [1.165, 1.54) is 15.9 Å². The Morgan fingerprint density at radius 3 is 2.38 bits per heavy atom. The Kier molecular flexibility index (Phi) is 6.95. The summed E-state index contributed by atoms with van der Waals surface area (Å²) < 4.78 is 33.2. The lowest BCUT2D eigenvalue weighted by molar-refractivity contribution is 0.0487. The third-order valence-corrected chi connectivity index (χ3v) is 8.51. The largest absolute Gasteiger partial charge is 0.381 e. The van der Waals surface area contributed by atoms with Crippen molar-refractivity contribution in [2.75, 3.05) is 53.0 Å². The van der Waals surface area contributed by atoms with Gasteiger partial charge in [0, 0.05) is 56.9 Å². The summed E-state index contributed by atoms with van der Waals surface area (Å²) >= 11 is 0. The molecule has 172 valence electrons. The highest BCUT2D eigenvalue weighted by Gasteiger charge is 2.35. The molecule has 2 aromatic rings. The van der Waals surface area contributed by atoms with Gasteiger partial charge in [-0.15, -0.1) is 0 Å². The van der Waals surface area contributed by atoms with E-state index in [0.29, 0.717) is 51.5 Å². The molecule has 8 heteroatoms. The molecule has 32 heavy (non-hydrogen) atoms. The maximum atomic E-state index is 13.1. The average Bonchev–Trinajstić information content (AvgIpc) is 2.84. The zero-order valence-electron chi connectivity index (χ0n) is 18.5. The van der Waals surface area contributed by atoms with Crippen LogP contribution >= 0.6 is 0 Å². The molecule has 1 amide bonds. The smallest absolute Gasteiger partial charge is 0.251 e. The van der Waals surface area contributed by atoms with Crippen LogP contribution in [0.1, 0.15) is 28.8 Å². The van der Waals surface area contributed by atoms with E-state index in [1.54, 1.807) is 18.2 Å². The van der Waals surface area contributed by atoms with E-state index in [0.717, 1.165) is 12.8 Å². The predicted octanol–water partition coefficient (Wildman–Crippen LogP) is 2.10. The van der Waals surface area contributed by atoms with Crippen molar-refractivity contribution >= 4 is 15.9 Å². The van der Waals surface area contributed by atoms with Gasteiger partial charge in [0.05, 0.1) is 4.90 Å². The van der Waals surface area contributed by atoms with Crippen LogP contribution in [0.25, 0.3) is 0 Å². The molecule has 2 aliphatic heterocycles. The van der Waals surface area contributed by atoms with Gasteiger partial charge in [-0.2, -0.15) is 4.31 Å². The third kappa shape index (κ3) is 4.88. The maximum Gasteiger partial charge on any atom is 0.251 e. The van der Waals surface area contributed by atoms with Crippen molar-refractivity contribution in [3.63, 3.8) is 0 Å². The van der Waals surface area contributed by atoms with Crippen molar-refractivity contribution < 1.29 is 17.9 Å². The number of nitrogens with zero attached hydrogens (tertiary/aromatic N) is 2. The number of hydrogen-bond acceptors (Lipinski definition) is 5. The zero-order chi connectivity index (χ0) is 22.6. The van der Waals surface area contributed by atoms with Crippen LogP contribution < -0.4 is 5.32 Å². The van der Waals surface area contributed by atoms with Gasteiger partial charge in [0.2, 0.25) is 10.0 Å². The first-order valence-electron chi connectivity index (χ1n) is 11.1. The van der Waals surface area contributed by atoms with Gasteiger partial charge in [-0.25, -0.2) is 8.42 Å². The molecule has 0 atom stereocenters. The number of carbonyl (C=O) groups excluding carboxylic acids is 1. The lowest BCUT2D eigenvalue weighted by Gasteiger charge is -2.38. The molecule has 0 saturated carbocycles. The van der Waals surface area contributed by atoms with Crippen LogP contribution in [0, 0.1) is 0 Å². The number of likely N-dealkylation sites (N-methyl/N-ethyl adjacent to an activating group) is 1. The summed E-state index contributed by atoms with van der Waals surface area (Å²) in [4.78, 5) is 15.3. The van der Waals surface area contributed by atoms with Gasteiger partial charge in [0.15, 0.2) is 0 Å². The number of nitrogens with one attached hydrogen (secondary N) is 1. The van der Waals surface area contributed by atoms with Crippen LogP contribution in [0.4, 0.5) is 0 Å². The molecule has 4 rings (SSSR count). The molecule has 1 N–H and O–H groups in total. The molecule has 0 bridgehead atoms. The number of piperazine rings is 1. The normalized spacial score (nSPS) is 20.0. The van der Waals surface area contributed by atoms with Gasteiger partial charge >= 0.3 is 0 Å². The summed E-state index contributed by atoms with van der Waals surface area (Å²) in [6, 6.07) is 16.6. The Bertz CT molecular complexity index is 1030. The maximum absolute atomic E-state index is 13.1. The highest BCUT2D eigenvalue weighted by Crippen LogP contribution is 2.34. The van der Waals surface area contributed by atoms with Crippen molar-refractivity contribution in [2.45, 2.75) is 23.2 Å². The predicted molar refractivity (Wildman–Crippen MR) is 123 cm³/mol. The van der Waals surface area contributed by atoms with E-state index in [1.807, 2.05) is 25.2 Å². The van der Waals surface area contributed by atoms with E-state index in [4.69, 9.17) is 4.74 Å². The van der Waals surface area contributed by atoms with Gasteiger partial charge in [0.1, 0.15) is 0 Å². The Morgan fingerprint density at radius 1 is 1.00 bits per heavy atom. The molecule has 2 aliphatic rings. The summed E-state index contributed by atoms with van der Waals surface area (Å²) in [7, 11) is -1.64. The first-order chi connectivity index (χ1) is 15.4. The fourth-order valence-corrected chi connectivity index (χ4v) is 5.92. The molecule has 2 fully saturated rings. The second kappa shape index (κ2) is 9.70. The van der Waals surface area contributed by atoms with Crippen molar-refractivity contribution in [3.05, 3.63) is 65.7 Å². The topological polar surface area (TPSA) is 79.0 Å². The minimum absolute atomic E-state index is 0.165. The van der Waals surface area contributed by atoms with Crippen LogP contribution in [0.3, 0.4) is 0 Å². The van der Waals surface area contributed by atoms with Gasteiger partial charge < -0.3 is 15.0 Å². The van der Waals surface area contributed by atoms with Crippen LogP contribution in [-0.2, 0) is 20.2 Å². The molecule has 7 nitrogen and oxygen atoms in total. The van der Waals surface area contributed by atoms with Gasteiger partial charge in [-0.1, -0.05) is 36.4 Å². The van der Waals surface area contributed by atoms with E-state index >= 15 is 0 Å². The van der Waals surface area contributed by atoms with Gasteiger partial charge in [-0.05, 0) is 43.7 Å². The molecule has 0 unspecified atom stereocenters. The van der Waals surface area contributed by atoms with Crippen molar-refractivity contribution in [2.24, 2.45) is 0 Å². The Labute approximate surface area is 190 Å². The third-order valence-electron chi connectivity index (χ3n) is 6.62. The van der Waals surface area contributed by atoms with Crippen molar-refractivity contribution in [1.82, 2.24) is 14.5 Å².